The zero-order valence-corrected chi connectivity index (χ0v) is 11.8. The molecule has 0 aliphatic carbocycles. The minimum Gasteiger partial charge on any atom is -0.391 e. The number of nitrogens with one attached hydrogen (secondary N) is 1. The lowest BCUT2D eigenvalue weighted by Crippen LogP contribution is -2.25. The topological polar surface area (TPSA) is 48.4 Å². The average Bonchev–Trinajstić information content (AvgIpc) is 2.90. The molecule has 1 aromatic heterocycles. The third-order valence-electron chi connectivity index (χ3n) is 3.81. The van der Waals surface area contributed by atoms with Crippen molar-refractivity contribution in [3.8, 4) is 0 Å². The summed E-state index contributed by atoms with van der Waals surface area (Å²) in [7, 11) is 0. The second-order valence-electron chi connectivity index (χ2n) is 5.33. The Morgan fingerprint density at radius 2 is 2.25 bits per heavy atom. The highest BCUT2D eigenvalue weighted by Gasteiger charge is 2.23. The molecule has 106 valence electrons. The van der Waals surface area contributed by atoms with Gasteiger partial charge in [-0.1, -0.05) is 25.1 Å². The number of rotatable bonds is 4. The van der Waals surface area contributed by atoms with E-state index in [-0.39, 0.29) is 6.10 Å². The lowest BCUT2D eigenvalue weighted by atomic mass is 10.1. The number of fused-ring (bicyclic) bond motifs is 1. The zero-order chi connectivity index (χ0) is 13.9. The van der Waals surface area contributed by atoms with Crippen molar-refractivity contribution in [3.63, 3.8) is 0 Å². The normalized spacial score (nSPS) is 18.9. The van der Waals surface area contributed by atoms with E-state index in [1.54, 1.807) is 0 Å². The zero-order valence-electron chi connectivity index (χ0n) is 11.8. The Labute approximate surface area is 119 Å². The Hall–Kier alpha value is -1.65. The van der Waals surface area contributed by atoms with Crippen LogP contribution in [-0.4, -0.2) is 35.8 Å². The van der Waals surface area contributed by atoms with Gasteiger partial charge in [0, 0.05) is 30.6 Å². The minimum atomic E-state index is -0.227. The van der Waals surface area contributed by atoms with Crippen molar-refractivity contribution < 1.29 is 5.11 Å². The summed E-state index contributed by atoms with van der Waals surface area (Å²) in [5, 5.41) is 14.3. The molecule has 4 nitrogen and oxygen atoms in total. The van der Waals surface area contributed by atoms with E-state index in [4.69, 9.17) is 4.98 Å². The van der Waals surface area contributed by atoms with E-state index in [9.17, 15) is 5.11 Å². The van der Waals surface area contributed by atoms with E-state index in [1.165, 1.54) is 10.9 Å². The van der Waals surface area contributed by atoms with Gasteiger partial charge in [0.05, 0.1) is 11.6 Å². The summed E-state index contributed by atoms with van der Waals surface area (Å²) >= 11 is 0. The average molecular weight is 271 g/mol. The Bertz CT molecular complexity index is 599. The molecule has 0 saturated carbocycles. The van der Waals surface area contributed by atoms with Gasteiger partial charge < -0.3 is 15.3 Å². The minimum absolute atomic E-state index is 0.227. The van der Waals surface area contributed by atoms with Crippen molar-refractivity contribution in [1.82, 2.24) is 10.3 Å². The summed E-state index contributed by atoms with van der Waals surface area (Å²) < 4.78 is 0. The number of anilines is 1. The van der Waals surface area contributed by atoms with Gasteiger partial charge in [0.25, 0.3) is 0 Å². The second kappa shape index (κ2) is 5.77. The highest BCUT2D eigenvalue weighted by molar-refractivity contribution is 5.81. The molecular weight excluding hydrogens is 250 g/mol. The molecule has 20 heavy (non-hydrogen) atoms. The second-order valence-corrected chi connectivity index (χ2v) is 5.33. The molecule has 0 radical (unpaired) electrons. The van der Waals surface area contributed by atoms with Crippen LogP contribution in [0.15, 0.2) is 30.3 Å². The molecule has 2 aromatic rings. The van der Waals surface area contributed by atoms with Gasteiger partial charge in [0.15, 0.2) is 0 Å². The molecule has 0 amide bonds. The fraction of sp³-hybridized carbons (Fsp3) is 0.438. The van der Waals surface area contributed by atoms with Gasteiger partial charge in [0.2, 0.25) is 0 Å². The van der Waals surface area contributed by atoms with Crippen LogP contribution in [0.2, 0.25) is 0 Å². The number of hydrogen-bond donors (Lipinski definition) is 2. The molecule has 2 heterocycles. The molecule has 1 fully saturated rings. The molecule has 4 heteroatoms. The van der Waals surface area contributed by atoms with Gasteiger partial charge in [-0.15, -0.1) is 0 Å². The highest BCUT2D eigenvalue weighted by Crippen LogP contribution is 2.26. The van der Waals surface area contributed by atoms with Crippen LogP contribution in [0.3, 0.4) is 0 Å². The molecule has 0 spiro atoms. The van der Waals surface area contributed by atoms with Gasteiger partial charge in [-0.25, -0.2) is 4.98 Å². The van der Waals surface area contributed by atoms with Crippen molar-refractivity contribution in [2.75, 3.05) is 24.5 Å². The van der Waals surface area contributed by atoms with Crippen LogP contribution in [0.5, 0.6) is 0 Å². The molecule has 1 aliphatic rings. The Morgan fingerprint density at radius 1 is 1.40 bits per heavy atom. The van der Waals surface area contributed by atoms with E-state index in [0.717, 1.165) is 37.4 Å². The van der Waals surface area contributed by atoms with Gasteiger partial charge >= 0.3 is 0 Å². The van der Waals surface area contributed by atoms with E-state index in [2.05, 4.69) is 29.3 Å². The standard InChI is InChI=1S/C16H21N3O/c1-2-17-10-13-9-12-5-3-4-6-15(12)18-16(13)19-8-7-14(20)11-19/h3-6,9,14,17,20H,2,7-8,10-11H2,1H3. The number of aliphatic hydroxyl groups is 1. The van der Waals surface area contributed by atoms with Crippen molar-refractivity contribution in [2.24, 2.45) is 0 Å². The number of benzene rings is 1. The van der Waals surface area contributed by atoms with Crippen molar-refractivity contribution in [2.45, 2.75) is 26.0 Å². The largest absolute Gasteiger partial charge is 0.391 e. The number of nitrogens with zero attached hydrogens (tertiary/aromatic N) is 2. The lowest BCUT2D eigenvalue weighted by molar-refractivity contribution is 0.198. The van der Waals surface area contributed by atoms with E-state index in [0.29, 0.717) is 6.54 Å². The summed E-state index contributed by atoms with van der Waals surface area (Å²) in [6, 6.07) is 10.4. The first-order chi connectivity index (χ1) is 9.78. The number of β-amino-alcohol motifs (C(OH)–C–C–N with tert-alkyl or cyclic N) is 1. The number of para-hydroxylation sites is 1. The predicted molar refractivity (Wildman–Crippen MR) is 82.0 cm³/mol. The van der Waals surface area contributed by atoms with Gasteiger partial charge in [-0.2, -0.15) is 0 Å². The molecule has 0 bridgehead atoms. The molecular formula is C16H21N3O. The first-order valence-electron chi connectivity index (χ1n) is 7.30. The maximum Gasteiger partial charge on any atom is 0.133 e. The van der Waals surface area contributed by atoms with E-state index < -0.39 is 0 Å². The van der Waals surface area contributed by atoms with Crippen molar-refractivity contribution in [1.29, 1.82) is 0 Å². The van der Waals surface area contributed by atoms with Crippen LogP contribution in [0.25, 0.3) is 10.9 Å². The summed E-state index contributed by atoms with van der Waals surface area (Å²) in [6.07, 6.45) is 0.602. The maximum absolute atomic E-state index is 9.76. The monoisotopic (exact) mass is 271 g/mol. The van der Waals surface area contributed by atoms with Crippen LogP contribution in [0, 0.1) is 0 Å². The Balaban J connectivity index is 2.02. The molecule has 1 atom stereocenters. The van der Waals surface area contributed by atoms with Crippen LogP contribution in [0.1, 0.15) is 18.9 Å². The third-order valence-corrected chi connectivity index (χ3v) is 3.81. The number of hydrogen-bond acceptors (Lipinski definition) is 4. The smallest absolute Gasteiger partial charge is 0.133 e. The third kappa shape index (κ3) is 2.62. The highest BCUT2D eigenvalue weighted by atomic mass is 16.3. The lowest BCUT2D eigenvalue weighted by Gasteiger charge is -2.21. The molecule has 3 rings (SSSR count). The molecule has 1 unspecified atom stereocenters. The first kappa shape index (κ1) is 13.3. The van der Waals surface area contributed by atoms with Gasteiger partial charge in [0.1, 0.15) is 5.82 Å². The quantitative estimate of drug-likeness (QED) is 0.892. The molecule has 1 aliphatic heterocycles. The van der Waals surface area contributed by atoms with Gasteiger partial charge in [-0.05, 0) is 25.1 Å². The van der Waals surface area contributed by atoms with Crippen LogP contribution in [-0.2, 0) is 6.54 Å². The fourth-order valence-corrected chi connectivity index (χ4v) is 2.75. The molecule has 1 aromatic carbocycles. The maximum atomic E-state index is 9.76. The SMILES string of the molecule is CCNCc1cc2ccccc2nc1N1CCC(O)C1. The predicted octanol–water partition coefficient (Wildman–Crippen LogP) is 1.92. The van der Waals surface area contributed by atoms with E-state index >= 15 is 0 Å². The number of aromatic nitrogens is 1. The van der Waals surface area contributed by atoms with Crippen molar-refractivity contribution in [3.05, 3.63) is 35.9 Å². The summed E-state index contributed by atoms with van der Waals surface area (Å²) in [5.41, 5.74) is 2.23. The van der Waals surface area contributed by atoms with Crippen molar-refractivity contribution >= 4 is 16.7 Å². The Kier molecular flexibility index (Phi) is 3.85. The summed E-state index contributed by atoms with van der Waals surface area (Å²) in [4.78, 5) is 7.02. The Morgan fingerprint density at radius 3 is 3.00 bits per heavy atom. The van der Waals surface area contributed by atoms with Crippen LogP contribution in [0.4, 0.5) is 5.82 Å². The van der Waals surface area contributed by atoms with Gasteiger partial charge in [-0.3, -0.25) is 0 Å². The molecule has 2 N–H and O–H groups in total. The number of aliphatic hydroxyl groups excluding tert-OH is 1. The summed E-state index contributed by atoms with van der Waals surface area (Å²) in [5.74, 6) is 1.02. The van der Waals surface area contributed by atoms with Crippen LogP contribution < -0.4 is 10.2 Å². The van der Waals surface area contributed by atoms with E-state index in [1.807, 2.05) is 18.2 Å². The van der Waals surface area contributed by atoms with Crippen LogP contribution >= 0.6 is 0 Å². The molecule has 1 saturated heterocycles. The first-order valence-corrected chi connectivity index (χ1v) is 7.30. The number of pyridine rings is 1. The fourth-order valence-electron chi connectivity index (χ4n) is 2.75. The summed E-state index contributed by atoms with van der Waals surface area (Å²) in [6.45, 7) is 5.43.